The summed E-state index contributed by atoms with van der Waals surface area (Å²) < 4.78 is 62.4. The number of aliphatic hydroxyl groups excluding tert-OH is 2. The summed E-state index contributed by atoms with van der Waals surface area (Å²) in [6.07, 6.45) is 38.9. The van der Waals surface area contributed by atoms with Crippen LogP contribution in [-0.4, -0.2) is 97.9 Å². The summed E-state index contributed by atoms with van der Waals surface area (Å²) in [5.41, 5.74) is 4.58. The molecule has 0 amide bonds. The number of allylic oxidation sites excluding steroid dienone is 10. The molecular formula is C52H83N3O16P2. The van der Waals surface area contributed by atoms with Gasteiger partial charge in [0.15, 0.2) is 12.3 Å². The lowest BCUT2D eigenvalue weighted by Crippen LogP contribution is -2.36. The molecular weight excluding hydrogens is 985 g/mol. The van der Waals surface area contributed by atoms with E-state index in [1.807, 2.05) is 18.2 Å². The standard InChI is InChI=1S/C52H83N3O16P2/c1-3-5-7-8-9-10-11-12-13-14-18-21-24-27-31-35-47(56)65-39-42(68-48(57)36-32-28-25-22-19-16-15-17-20-23-26-30-34-44-43(69-44)33-29-6-4-2)40-66-72(61,62)71-73(63,64)67-41-45-49(58)50(59)51(70-45)55-38-37-46(53)54-52(55)60/h6,10-11,16-17,19-20,25-26,28-30,37-38,42-45,49-51,58-59H,3-5,7-9,12-15,18,21-24,27,31-36,39-41H2,1-2H3,(H,61,62)(H,63,64)(H2,53,54,60)/b11-10-,19-16-,20-17-,28-25-,29-6-,30-26-/t42-,43?,44?,45-,49-,50-,51-/m1/s1. The fraction of sp³-hybridized carbons (Fsp3) is 0.654. The molecule has 2 aliphatic heterocycles. The van der Waals surface area contributed by atoms with Gasteiger partial charge in [0, 0.05) is 19.0 Å². The summed E-state index contributed by atoms with van der Waals surface area (Å²) in [6.45, 7) is 1.95. The first-order chi connectivity index (χ1) is 35.1. The van der Waals surface area contributed by atoms with Crippen LogP contribution in [0, 0.1) is 0 Å². The first-order valence-corrected chi connectivity index (χ1v) is 29.1. The Kier molecular flexibility index (Phi) is 32.2. The molecule has 19 nitrogen and oxygen atoms in total. The highest BCUT2D eigenvalue weighted by atomic mass is 31.3. The third kappa shape index (κ3) is 29.2. The number of hydrogen-bond donors (Lipinski definition) is 5. The number of rotatable bonds is 41. The summed E-state index contributed by atoms with van der Waals surface area (Å²) in [6, 6.07) is 1.24. The molecule has 412 valence electrons. The lowest BCUT2D eigenvalue weighted by Gasteiger charge is -2.21. The van der Waals surface area contributed by atoms with E-state index < -0.39 is 83.7 Å². The number of ether oxygens (including phenoxy) is 4. The molecule has 2 aliphatic rings. The smallest absolute Gasteiger partial charge is 0.462 e. The molecule has 6 N–H and O–H groups in total. The van der Waals surface area contributed by atoms with Crippen molar-refractivity contribution >= 4 is 33.4 Å². The number of unbranched alkanes of at least 4 members (excludes halogenated alkanes) is 11. The molecule has 3 rings (SSSR count). The maximum absolute atomic E-state index is 12.9. The number of aromatic nitrogens is 2. The van der Waals surface area contributed by atoms with Gasteiger partial charge in [-0.2, -0.15) is 9.29 Å². The molecule has 9 atom stereocenters. The van der Waals surface area contributed by atoms with E-state index in [2.05, 4.69) is 71.8 Å². The lowest BCUT2D eigenvalue weighted by molar-refractivity contribution is -0.161. The number of esters is 2. The van der Waals surface area contributed by atoms with Crippen molar-refractivity contribution in [1.29, 1.82) is 0 Å². The first kappa shape index (κ1) is 63.5. The van der Waals surface area contributed by atoms with E-state index in [1.165, 1.54) is 31.7 Å². The Hall–Kier alpha value is -3.84. The molecule has 1 aromatic rings. The number of carbonyl (C=O) groups is 2. The highest BCUT2D eigenvalue weighted by Gasteiger charge is 2.46. The van der Waals surface area contributed by atoms with E-state index in [0.717, 1.165) is 94.2 Å². The molecule has 2 fully saturated rings. The normalized spacial score (nSPS) is 22.3. The van der Waals surface area contributed by atoms with Crippen LogP contribution in [0.5, 0.6) is 0 Å². The fourth-order valence-electron chi connectivity index (χ4n) is 7.55. The number of nitrogen functional groups attached to an aromatic ring is 1. The van der Waals surface area contributed by atoms with Gasteiger partial charge in [-0.3, -0.25) is 23.2 Å². The minimum atomic E-state index is -5.45. The summed E-state index contributed by atoms with van der Waals surface area (Å²) >= 11 is 0. The second-order valence-electron chi connectivity index (χ2n) is 18.0. The molecule has 3 heterocycles. The average molecular weight is 1070 g/mol. The molecule has 4 unspecified atom stereocenters. The Morgan fingerprint density at radius 1 is 0.685 bits per heavy atom. The monoisotopic (exact) mass is 1070 g/mol. The predicted molar refractivity (Wildman–Crippen MR) is 279 cm³/mol. The Balaban J connectivity index is 1.41. The molecule has 0 saturated carbocycles. The third-order valence-electron chi connectivity index (χ3n) is 11.7. The lowest BCUT2D eigenvalue weighted by atomic mass is 10.1. The van der Waals surface area contributed by atoms with Gasteiger partial charge < -0.3 is 44.7 Å². The Morgan fingerprint density at radius 3 is 1.88 bits per heavy atom. The largest absolute Gasteiger partial charge is 0.481 e. The van der Waals surface area contributed by atoms with Gasteiger partial charge in [-0.1, -0.05) is 138 Å². The highest BCUT2D eigenvalue weighted by molar-refractivity contribution is 7.61. The highest BCUT2D eigenvalue weighted by Crippen LogP contribution is 2.60. The summed E-state index contributed by atoms with van der Waals surface area (Å²) in [5.74, 6) is -1.41. The number of hydrogen-bond acceptors (Lipinski definition) is 16. The number of epoxide rings is 1. The number of carbonyl (C=O) groups excluding carboxylic acids is 2. The number of aliphatic hydroxyl groups is 2. The fourth-order valence-corrected chi connectivity index (χ4v) is 9.66. The maximum atomic E-state index is 12.9. The quantitative estimate of drug-likeness (QED) is 0.0134. The number of nitrogens with two attached hydrogens (primary N) is 1. The van der Waals surface area contributed by atoms with Crippen molar-refractivity contribution in [3.8, 4) is 0 Å². The minimum Gasteiger partial charge on any atom is -0.462 e. The van der Waals surface area contributed by atoms with E-state index in [4.69, 9.17) is 33.7 Å². The van der Waals surface area contributed by atoms with Crippen molar-refractivity contribution in [2.45, 2.75) is 198 Å². The molecule has 0 aromatic carbocycles. The zero-order chi connectivity index (χ0) is 53.2. The van der Waals surface area contributed by atoms with Gasteiger partial charge in [0.25, 0.3) is 0 Å². The van der Waals surface area contributed by atoms with Gasteiger partial charge in [-0.15, -0.1) is 0 Å². The summed E-state index contributed by atoms with van der Waals surface area (Å²) in [4.78, 5) is 61.9. The van der Waals surface area contributed by atoms with Crippen molar-refractivity contribution < 1.29 is 71.0 Å². The van der Waals surface area contributed by atoms with Crippen LogP contribution < -0.4 is 11.4 Å². The van der Waals surface area contributed by atoms with Crippen LogP contribution in [0.4, 0.5) is 5.82 Å². The average Bonchev–Trinajstić information content (AvgIpc) is 4.04. The van der Waals surface area contributed by atoms with Gasteiger partial charge in [-0.05, 0) is 83.1 Å². The summed E-state index contributed by atoms with van der Waals surface area (Å²) in [7, 11) is -10.9. The van der Waals surface area contributed by atoms with E-state index in [1.54, 1.807) is 6.08 Å². The minimum absolute atomic E-state index is 0.0821. The van der Waals surface area contributed by atoms with Gasteiger partial charge in [0.05, 0.1) is 25.4 Å². The van der Waals surface area contributed by atoms with E-state index in [0.29, 0.717) is 31.5 Å². The van der Waals surface area contributed by atoms with Crippen LogP contribution in [0.2, 0.25) is 0 Å². The van der Waals surface area contributed by atoms with E-state index in [-0.39, 0.29) is 18.7 Å². The van der Waals surface area contributed by atoms with Crippen molar-refractivity contribution in [1.82, 2.24) is 9.55 Å². The van der Waals surface area contributed by atoms with Crippen LogP contribution in [-0.2, 0) is 51.0 Å². The Morgan fingerprint density at radius 2 is 1.25 bits per heavy atom. The van der Waals surface area contributed by atoms with Crippen LogP contribution in [0.3, 0.4) is 0 Å². The van der Waals surface area contributed by atoms with Gasteiger partial charge >= 0.3 is 33.3 Å². The topological polar surface area (TPSA) is 278 Å². The predicted octanol–water partition coefficient (Wildman–Crippen LogP) is 9.88. The van der Waals surface area contributed by atoms with Crippen LogP contribution >= 0.6 is 15.6 Å². The number of nitrogens with zero attached hydrogens (tertiary/aromatic N) is 2. The zero-order valence-corrected chi connectivity index (χ0v) is 44.6. The van der Waals surface area contributed by atoms with E-state index in [9.17, 15) is 43.5 Å². The number of anilines is 1. The van der Waals surface area contributed by atoms with Crippen LogP contribution in [0.15, 0.2) is 90.0 Å². The molecule has 1 aromatic heterocycles. The van der Waals surface area contributed by atoms with Crippen molar-refractivity contribution in [2.24, 2.45) is 0 Å². The molecule has 0 spiro atoms. The van der Waals surface area contributed by atoms with Crippen LogP contribution in [0.25, 0.3) is 0 Å². The molecule has 0 aliphatic carbocycles. The van der Waals surface area contributed by atoms with Crippen molar-refractivity contribution in [3.05, 3.63) is 95.7 Å². The van der Waals surface area contributed by atoms with Crippen molar-refractivity contribution in [3.63, 3.8) is 0 Å². The van der Waals surface area contributed by atoms with Gasteiger partial charge in [-0.25, -0.2) is 13.9 Å². The van der Waals surface area contributed by atoms with Crippen molar-refractivity contribution in [2.75, 3.05) is 25.6 Å². The number of phosphoric acid groups is 2. The molecule has 73 heavy (non-hydrogen) atoms. The van der Waals surface area contributed by atoms with Gasteiger partial charge in [0.2, 0.25) is 0 Å². The second-order valence-corrected chi connectivity index (χ2v) is 21.1. The zero-order valence-electron chi connectivity index (χ0n) is 42.9. The Labute approximate surface area is 431 Å². The first-order valence-electron chi connectivity index (χ1n) is 26.1. The molecule has 0 radical (unpaired) electrons. The summed E-state index contributed by atoms with van der Waals surface area (Å²) in [5, 5.41) is 20.9. The van der Waals surface area contributed by atoms with E-state index >= 15 is 0 Å². The molecule has 0 bridgehead atoms. The van der Waals surface area contributed by atoms with Gasteiger partial charge in [0.1, 0.15) is 30.7 Å². The van der Waals surface area contributed by atoms with Crippen LogP contribution in [0.1, 0.15) is 161 Å². The number of phosphoric ester groups is 2. The molecule has 2 saturated heterocycles. The molecule has 21 heteroatoms. The second kappa shape index (κ2) is 37.0. The SMILES string of the molecule is CC/C=C\CC1OC1C/C=C\C/C=C\C/C=C\C/C=C\CCC(=O)O[C@H](COC(=O)CCCCCCCCC/C=C\CCCCCC)COP(=O)(O)OP(=O)(O)OC[C@H]1O[C@@H](n2ccc(N)nc2=O)[C@H](O)[C@@H]1O. The third-order valence-corrected chi connectivity index (χ3v) is 14.3. The Bertz CT molecular complexity index is 2080. The maximum Gasteiger partial charge on any atom is 0.481 e.